The molecule has 0 unspecified atom stereocenters. The fourth-order valence-electron chi connectivity index (χ4n) is 1.55. The molecule has 0 aliphatic rings. The Labute approximate surface area is 114 Å². The zero-order valence-electron chi connectivity index (χ0n) is 11.0. The molecule has 1 heterocycles. The zero-order chi connectivity index (χ0) is 13.5. The number of ether oxygens (including phenoxy) is 1. The Morgan fingerprint density at radius 1 is 1.05 bits per heavy atom. The molecule has 19 heavy (non-hydrogen) atoms. The predicted molar refractivity (Wildman–Crippen MR) is 79.9 cm³/mol. The lowest BCUT2D eigenvalue weighted by molar-refractivity contribution is 0.352. The number of aromatic nitrogens is 1. The van der Waals surface area contributed by atoms with Gasteiger partial charge in [-0.3, -0.25) is 4.98 Å². The summed E-state index contributed by atoms with van der Waals surface area (Å²) in [5.74, 6) is 0.865. The highest BCUT2D eigenvalue weighted by atomic mass is 16.5. The van der Waals surface area contributed by atoms with Crippen LogP contribution in [0.25, 0.3) is 12.2 Å². The summed E-state index contributed by atoms with van der Waals surface area (Å²) in [6.07, 6.45) is 7.70. The highest BCUT2D eigenvalue weighted by Gasteiger charge is 1.93. The Morgan fingerprint density at radius 2 is 1.63 bits per heavy atom. The van der Waals surface area contributed by atoms with Crippen LogP contribution >= 0.6 is 0 Å². The topological polar surface area (TPSA) is 22.1 Å². The molecule has 0 N–H and O–H groups in total. The highest BCUT2D eigenvalue weighted by Crippen LogP contribution is 2.15. The first-order chi connectivity index (χ1) is 9.24. The Balaban J connectivity index is 1.99. The highest BCUT2D eigenvalue weighted by molar-refractivity contribution is 5.69. The van der Waals surface area contributed by atoms with Crippen LogP contribution in [0.2, 0.25) is 0 Å². The molecule has 1 aromatic heterocycles. The summed E-state index contributed by atoms with van der Waals surface area (Å²) in [5.41, 5.74) is 3.29. The third-order valence-electron chi connectivity index (χ3n) is 2.54. The monoisotopic (exact) mass is 251 g/mol. The van der Waals surface area contributed by atoms with E-state index >= 15 is 0 Å². The van der Waals surface area contributed by atoms with Gasteiger partial charge in [0, 0.05) is 12.4 Å². The Bertz CT molecular complexity index is 556. The summed E-state index contributed by atoms with van der Waals surface area (Å²) in [6.45, 7) is 6.32. The van der Waals surface area contributed by atoms with Crippen molar-refractivity contribution in [2.24, 2.45) is 0 Å². The molecular formula is C17H17NO. The molecule has 2 rings (SSSR count). The number of pyridine rings is 1. The van der Waals surface area contributed by atoms with Gasteiger partial charge in [-0.1, -0.05) is 30.9 Å². The molecule has 96 valence electrons. The molecule has 1 aromatic carbocycles. The van der Waals surface area contributed by atoms with Crippen molar-refractivity contribution in [2.45, 2.75) is 6.92 Å². The van der Waals surface area contributed by atoms with Crippen molar-refractivity contribution in [3.8, 4) is 5.75 Å². The van der Waals surface area contributed by atoms with Gasteiger partial charge in [-0.2, -0.15) is 0 Å². The van der Waals surface area contributed by atoms with Crippen LogP contribution in [0, 0.1) is 0 Å². The van der Waals surface area contributed by atoms with Gasteiger partial charge in [-0.25, -0.2) is 0 Å². The second kappa shape index (κ2) is 6.55. The molecule has 2 heteroatoms. The van der Waals surface area contributed by atoms with Crippen LogP contribution in [0.4, 0.5) is 0 Å². The number of nitrogens with zero attached hydrogens (tertiary/aromatic N) is 1. The van der Waals surface area contributed by atoms with Crippen LogP contribution in [-0.4, -0.2) is 11.6 Å². The normalized spacial score (nSPS) is 10.6. The number of benzene rings is 1. The van der Waals surface area contributed by atoms with Gasteiger partial charge in [0.05, 0.1) is 0 Å². The van der Waals surface area contributed by atoms with E-state index in [1.54, 1.807) is 12.4 Å². The standard InChI is InChI=1S/C17H17NO/c1-14(2)13-19-17-7-5-15(6-8-17)3-4-16-9-11-18-12-10-16/h3-12H,1,13H2,2H3/b4-3+. The van der Waals surface area contributed by atoms with E-state index in [0.29, 0.717) is 6.61 Å². The van der Waals surface area contributed by atoms with E-state index in [1.165, 1.54) is 0 Å². The Hall–Kier alpha value is -2.35. The van der Waals surface area contributed by atoms with Crippen LogP contribution in [-0.2, 0) is 0 Å². The van der Waals surface area contributed by atoms with Crippen molar-refractivity contribution in [3.63, 3.8) is 0 Å². The summed E-state index contributed by atoms with van der Waals surface area (Å²) in [4.78, 5) is 3.99. The molecule has 0 radical (unpaired) electrons. The third-order valence-corrected chi connectivity index (χ3v) is 2.54. The van der Waals surface area contributed by atoms with E-state index < -0.39 is 0 Å². The number of hydrogen-bond donors (Lipinski definition) is 0. The summed E-state index contributed by atoms with van der Waals surface area (Å²) < 4.78 is 5.55. The van der Waals surface area contributed by atoms with Gasteiger partial charge in [0.15, 0.2) is 0 Å². The van der Waals surface area contributed by atoms with Gasteiger partial charge in [0.1, 0.15) is 12.4 Å². The minimum Gasteiger partial charge on any atom is -0.489 e. The van der Waals surface area contributed by atoms with E-state index in [2.05, 4.69) is 23.7 Å². The van der Waals surface area contributed by atoms with E-state index in [1.807, 2.05) is 43.3 Å². The molecule has 2 nitrogen and oxygen atoms in total. The predicted octanol–water partition coefficient (Wildman–Crippen LogP) is 4.21. The van der Waals surface area contributed by atoms with Gasteiger partial charge in [-0.05, 0) is 47.9 Å². The summed E-state index contributed by atoms with van der Waals surface area (Å²) in [5, 5.41) is 0. The molecule has 0 bridgehead atoms. The zero-order valence-corrected chi connectivity index (χ0v) is 11.0. The van der Waals surface area contributed by atoms with Crippen LogP contribution in [0.15, 0.2) is 60.9 Å². The lowest BCUT2D eigenvalue weighted by Crippen LogP contribution is -1.96. The molecule has 0 atom stereocenters. The maximum atomic E-state index is 5.55. The minimum atomic E-state index is 0.562. The first kappa shape index (κ1) is 13.1. The lowest BCUT2D eigenvalue weighted by Gasteiger charge is -2.05. The molecular weight excluding hydrogens is 234 g/mol. The molecule has 0 amide bonds. The second-order valence-electron chi connectivity index (χ2n) is 4.43. The fourth-order valence-corrected chi connectivity index (χ4v) is 1.55. The Kier molecular flexibility index (Phi) is 4.51. The molecule has 0 aliphatic carbocycles. The average Bonchev–Trinajstić information content (AvgIpc) is 2.45. The molecule has 0 spiro atoms. The first-order valence-corrected chi connectivity index (χ1v) is 6.19. The maximum Gasteiger partial charge on any atom is 0.119 e. The van der Waals surface area contributed by atoms with Crippen molar-refractivity contribution in [1.82, 2.24) is 4.98 Å². The van der Waals surface area contributed by atoms with Crippen molar-refractivity contribution in [1.29, 1.82) is 0 Å². The van der Waals surface area contributed by atoms with Gasteiger partial charge in [-0.15, -0.1) is 0 Å². The minimum absolute atomic E-state index is 0.562. The quantitative estimate of drug-likeness (QED) is 0.743. The van der Waals surface area contributed by atoms with E-state index in [9.17, 15) is 0 Å². The smallest absolute Gasteiger partial charge is 0.119 e. The van der Waals surface area contributed by atoms with Crippen molar-refractivity contribution in [2.75, 3.05) is 6.61 Å². The lowest BCUT2D eigenvalue weighted by atomic mass is 10.1. The molecule has 0 aliphatic heterocycles. The second-order valence-corrected chi connectivity index (χ2v) is 4.43. The van der Waals surface area contributed by atoms with Crippen LogP contribution in [0.5, 0.6) is 5.75 Å². The Morgan fingerprint density at radius 3 is 2.21 bits per heavy atom. The number of rotatable bonds is 5. The summed E-state index contributed by atoms with van der Waals surface area (Å²) in [7, 11) is 0. The van der Waals surface area contributed by atoms with Crippen molar-refractivity contribution < 1.29 is 4.74 Å². The van der Waals surface area contributed by atoms with E-state index in [-0.39, 0.29) is 0 Å². The van der Waals surface area contributed by atoms with Crippen LogP contribution < -0.4 is 4.74 Å². The first-order valence-electron chi connectivity index (χ1n) is 6.19. The maximum absolute atomic E-state index is 5.55. The van der Waals surface area contributed by atoms with Gasteiger partial charge >= 0.3 is 0 Å². The molecule has 0 saturated carbocycles. The SMILES string of the molecule is C=C(C)COc1ccc(/C=C/c2ccncc2)cc1. The van der Waals surface area contributed by atoms with Gasteiger partial charge in [0.2, 0.25) is 0 Å². The molecule has 0 fully saturated rings. The number of hydrogen-bond acceptors (Lipinski definition) is 2. The summed E-state index contributed by atoms with van der Waals surface area (Å²) in [6, 6.07) is 11.9. The van der Waals surface area contributed by atoms with Crippen LogP contribution in [0.3, 0.4) is 0 Å². The average molecular weight is 251 g/mol. The molecule has 2 aromatic rings. The third kappa shape index (κ3) is 4.43. The van der Waals surface area contributed by atoms with E-state index in [4.69, 9.17) is 4.74 Å². The van der Waals surface area contributed by atoms with Crippen LogP contribution in [0.1, 0.15) is 18.1 Å². The molecule has 0 saturated heterocycles. The van der Waals surface area contributed by atoms with Crippen molar-refractivity contribution in [3.05, 3.63) is 72.1 Å². The largest absolute Gasteiger partial charge is 0.489 e. The van der Waals surface area contributed by atoms with Crippen molar-refractivity contribution >= 4 is 12.2 Å². The summed E-state index contributed by atoms with van der Waals surface area (Å²) >= 11 is 0. The van der Waals surface area contributed by atoms with Gasteiger partial charge in [0.25, 0.3) is 0 Å². The van der Waals surface area contributed by atoms with E-state index in [0.717, 1.165) is 22.4 Å². The van der Waals surface area contributed by atoms with Gasteiger partial charge < -0.3 is 4.74 Å². The fraction of sp³-hybridized carbons (Fsp3) is 0.118.